The van der Waals surface area contributed by atoms with Gasteiger partial charge in [-0.2, -0.15) is 0 Å². The first-order valence-electron chi connectivity index (χ1n) is 5.45. The van der Waals surface area contributed by atoms with Gasteiger partial charge < -0.3 is 9.47 Å². The molecule has 19 heavy (non-hydrogen) atoms. The van der Waals surface area contributed by atoms with Crippen molar-refractivity contribution in [2.24, 2.45) is 0 Å². The van der Waals surface area contributed by atoms with Gasteiger partial charge in [-0.3, -0.25) is 0 Å². The molecule has 0 fully saturated rings. The van der Waals surface area contributed by atoms with Gasteiger partial charge in [-0.25, -0.2) is 13.9 Å². The van der Waals surface area contributed by atoms with Gasteiger partial charge in [-0.15, -0.1) is 5.10 Å². The molecule has 0 saturated carbocycles. The van der Waals surface area contributed by atoms with Crippen LogP contribution in [0.15, 0.2) is 24.4 Å². The molecule has 0 atom stereocenters. The van der Waals surface area contributed by atoms with Crippen LogP contribution in [0.4, 0.5) is 4.39 Å². The second kappa shape index (κ2) is 5.47. The van der Waals surface area contributed by atoms with Crippen LogP contribution in [0.2, 0.25) is 0 Å². The fourth-order valence-electron chi connectivity index (χ4n) is 1.62. The number of methoxy groups -OCH3 is 2. The van der Waals surface area contributed by atoms with Crippen LogP contribution in [-0.2, 0) is 11.3 Å². The molecule has 0 N–H and O–H groups in total. The first-order valence-corrected chi connectivity index (χ1v) is 5.45. The first-order chi connectivity index (χ1) is 9.13. The van der Waals surface area contributed by atoms with Gasteiger partial charge in [-0.1, -0.05) is 5.21 Å². The van der Waals surface area contributed by atoms with Gasteiger partial charge in [0, 0.05) is 5.56 Å². The van der Waals surface area contributed by atoms with Gasteiger partial charge in [-0.05, 0) is 18.2 Å². The van der Waals surface area contributed by atoms with E-state index in [-0.39, 0.29) is 18.1 Å². The lowest BCUT2D eigenvalue weighted by Crippen LogP contribution is -2.03. The van der Waals surface area contributed by atoms with Gasteiger partial charge in [0.25, 0.3) is 0 Å². The van der Waals surface area contributed by atoms with E-state index in [9.17, 15) is 9.18 Å². The molecule has 0 aliphatic heterocycles. The second-order valence-electron chi connectivity index (χ2n) is 3.75. The van der Waals surface area contributed by atoms with Crippen LogP contribution >= 0.6 is 0 Å². The molecule has 0 saturated heterocycles. The van der Waals surface area contributed by atoms with Crippen LogP contribution < -0.4 is 4.74 Å². The number of rotatable bonds is 4. The van der Waals surface area contributed by atoms with E-state index in [4.69, 9.17) is 4.74 Å². The van der Waals surface area contributed by atoms with E-state index in [2.05, 4.69) is 15.0 Å². The van der Waals surface area contributed by atoms with E-state index in [0.29, 0.717) is 11.3 Å². The molecule has 100 valence electrons. The molecular formula is C12H12FN3O3. The number of carbonyl (C=O) groups excluding carboxylic acids is 1. The standard InChI is InChI=1S/C12H12FN3O3/c1-18-11-4-3-9(13)5-8(11)6-16-7-10(14-15-16)12(17)19-2/h3-5,7H,6H2,1-2H3. The Hall–Kier alpha value is -2.44. The minimum Gasteiger partial charge on any atom is -0.496 e. The number of benzene rings is 1. The maximum atomic E-state index is 13.2. The average Bonchev–Trinajstić information content (AvgIpc) is 2.86. The van der Waals surface area contributed by atoms with Crippen LogP contribution in [0.5, 0.6) is 5.75 Å². The number of ether oxygens (including phenoxy) is 2. The second-order valence-corrected chi connectivity index (χ2v) is 3.75. The highest BCUT2D eigenvalue weighted by molar-refractivity contribution is 5.86. The zero-order valence-corrected chi connectivity index (χ0v) is 10.5. The summed E-state index contributed by atoms with van der Waals surface area (Å²) >= 11 is 0. The van der Waals surface area contributed by atoms with Crippen molar-refractivity contribution in [3.8, 4) is 5.75 Å². The van der Waals surface area contributed by atoms with Crippen LogP contribution in [0.3, 0.4) is 0 Å². The normalized spacial score (nSPS) is 10.3. The molecule has 0 unspecified atom stereocenters. The number of aromatic nitrogens is 3. The molecule has 0 amide bonds. The van der Waals surface area contributed by atoms with Crippen molar-refractivity contribution >= 4 is 5.97 Å². The van der Waals surface area contributed by atoms with Crippen LogP contribution in [-0.4, -0.2) is 35.2 Å². The summed E-state index contributed by atoms with van der Waals surface area (Å²) in [5.41, 5.74) is 0.696. The predicted molar refractivity (Wildman–Crippen MR) is 63.4 cm³/mol. The lowest BCUT2D eigenvalue weighted by atomic mass is 10.2. The number of hydrogen-bond donors (Lipinski definition) is 0. The summed E-state index contributed by atoms with van der Waals surface area (Å²) < 4.78 is 24.3. The number of carbonyl (C=O) groups is 1. The maximum Gasteiger partial charge on any atom is 0.360 e. The Labute approximate surface area is 108 Å². The summed E-state index contributed by atoms with van der Waals surface area (Å²) in [6.45, 7) is 0.241. The van der Waals surface area contributed by atoms with Gasteiger partial charge >= 0.3 is 5.97 Å². The molecule has 0 aliphatic carbocycles. The van der Waals surface area contributed by atoms with E-state index in [1.807, 2.05) is 0 Å². The summed E-state index contributed by atoms with van der Waals surface area (Å²) in [7, 11) is 2.76. The van der Waals surface area contributed by atoms with Crippen molar-refractivity contribution in [2.75, 3.05) is 14.2 Å². The number of hydrogen-bond acceptors (Lipinski definition) is 5. The smallest absolute Gasteiger partial charge is 0.360 e. The first kappa shape index (κ1) is 13.0. The summed E-state index contributed by atoms with van der Waals surface area (Å²) in [5, 5.41) is 7.44. The molecule has 0 aliphatic rings. The van der Waals surface area contributed by atoms with E-state index in [1.165, 1.54) is 43.3 Å². The maximum absolute atomic E-state index is 13.2. The topological polar surface area (TPSA) is 66.2 Å². The Balaban J connectivity index is 2.23. The third kappa shape index (κ3) is 2.87. The van der Waals surface area contributed by atoms with Gasteiger partial charge in [0.05, 0.1) is 27.0 Å². The Morgan fingerprint density at radius 3 is 2.89 bits per heavy atom. The molecule has 0 radical (unpaired) electrons. The molecule has 6 nitrogen and oxygen atoms in total. The van der Waals surface area contributed by atoms with Crippen LogP contribution in [0.1, 0.15) is 16.1 Å². The Morgan fingerprint density at radius 1 is 1.42 bits per heavy atom. The average molecular weight is 265 g/mol. The van der Waals surface area contributed by atoms with Crippen LogP contribution in [0.25, 0.3) is 0 Å². The summed E-state index contributed by atoms with van der Waals surface area (Å²) in [6, 6.07) is 4.19. The van der Waals surface area contributed by atoms with Crippen molar-refractivity contribution in [1.29, 1.82) is 0 Å². The zero-order valence-electron chi connectivity index (χ0n) is 10.5. The molecule has 2 aromatic rings. The quantitative estimate of drug-likeness (QED) is 0.779. The van der Waals surface area contributed by atoms with E-state index in [1.54, 1.807) is 0 Å². The third-order valence-electron chi connectivity index (χ3n) is 2.51. The fourth-order valence-corrected chi connectivity index (χ4v) is 1.62. The molecule has 1 aromatic carbocycles. The lowest BCUT2D eigenvalue weighted by Gasteiger charge is -2.07. The van der Waals surface area contributed by atoms with Crippen molar-refractivity contribution in [2.45, 2.75) is 6.54 Å². The van der Waals surface area contributed by atoms with Crippen molar-refractivity contribution in [3.63, 3.8) is 0 Å². The van der Waals surface area contributed by atoms with E-state index in [0.717, 1.165) is 0 Å². The monoisotopic (exact) mass is 265 g/mol. The van der Waals surface area contributed by atoms with Gasteiger partial charge in [0.15, 0.2) is 5.69 Å². The van der Waals surface area contributed by atoms with Gasteiger partial charge in [0.2, 0.25) is 0 Å². The predicted octanol–water partition coefficient (Wildman–Crippen LogP) is 1.26. The Morgan fingerprint density at radius 2 is 2.21 bits per heavy atom. The SMILES string of the molecule is COC(=O)c1cn(Cc2cc(F)ccc2OC)nn1. The van der Waals surface area contributed by atoms with Crippen LogP contribution in [0, 0.1) is 5.82 Å². The Kier molecular flexibility index (Phi) is 3.74. The highest BCUT2D eigenvalue weighted by Gasteiger charge is 2.12. The van der Waals surface area contributed by atoms with Crippen molar-refractivity contribution < 1.29 is 18.7 Å². The largest absolute Gasteiger partial charge is 0.496 e. The number of nitrogens with zero attached hydrogens (tertiary/aromatic N) is 3. The zero-order chi connectivity index (χ0) is 13.8. The minimum absolute atomic E-state index is 0.0952. The molecule has 2 rings (SSSR count). The van der Waals surface area contributed by atoms with Crippen molar-refractivity contribution in [3.05, 3.63) is 41.5 Å². The molecule has 0 bridgehead atoms. The van der Waals surface area contributed by atoms with E-state index >= 15 is 0 Å². The Bertz CT molecular complexity index is 598. The highest BCUT2D eigenvalue weighted by Crippen LogP contribution is 2.20. The molecule has 1 aromatic heterocycles. The van der Waals surface area contributed by atoms with Gasteiger partial charge in [0.1, 0.15) is 11.6 Å². The fraction of sp³-hybridized carbons (Fsp3) is 0.250. The summed E-state index contributed by atoms with van der Waals surface area (Å²) in [6.07, 6.45) is 1.43. The molecular weight excluding hydrogens is 253 g/mol. The summed E-state index contributed by atoms with van der Waals surface area (Å²) in [5.74, 6) is -0.405. The van der Waals surface area contributed by atoms with Crippen molar-refractivity contribution in [1.82, 2.24) is 15.0 Å². The summed E-state index contributed by atoms with van der Waals surface area (Å²) in [4.78, 5) is 11.2. The highest BCUT2D eigenvalue weighted by atomic mass is 19.1. The molecule has 1 heterocycles. The minimum atomic E-state index is -0.572. The molecule has 7 heteroatoms. The molecule has 0 spiro atoms. The number of halogens is 1. The lowest BCUT2D eigenvalue weighted by molar-refractivity contribution is 0.0594. The third-order valence-corrected chi connectivity index (χ3v) is 2.51. The number of esters is 1. The van der Waals surface area contributed by atoms with E-state index < -0.39 is 5.97 Å².